The summed E-state index contributed by atoms with van der Waals surface area (Å²) in [5, 5.41) is 9.35. The third kappa shape index (κ3) is 5.51. The van der Waals surface area contributed by atoms with Crippen LogP contribution in [0.25, 0.3) is 0 Å². The van der Waals surface area contributed by atoms with Crippen molar-refractivity contribution >= 4 is 31.7 Å². The highest BCUT2D eigenvalue weighted by atomic mass is 79.9. The average molecular weight is 525 g/mol. The number of hydrogen-bond donors (Lipinski definition) is 2. The van der Waals surface area contributed by atoms with Gasteiger partial charge in [0.1, 0.15) is 12.4 Å². The van der Waals surface area contributed by atoms with Crippen LogP contribution >= 0.6 is 15.9 Å². The number of para-hydroxylation sites is 1. The number of halogens is 1. The molecule has 1 heterocycles. The van der Waals surface area contributed by atoms with Gasteiger partial charge in [0, 0.05) is 17.4 Å². The van der Waals surface area contributed by atoms with Crippen LogP contribution in [0.15, 0.2) is 57.9 Å². The predicted octanol–water partition coefficient (Wildman–Crippen LogP) is 3.59. The zero-order chi connectivity index (χ0) is 23.2. The van der Waals surface area contributed by atoms with Crippen molar-refractivity contribution < 1.29 is 23.2 Å². The molecule has 0 saturated carbocycles. The summed E-state index contributed by atoms with van der Waals surface area (Å²) in [4.78, 5) is 15.0. The van der Waals surface area contributed by atoms with E-state index in [4.69, 9.17) is 4.74 Å². The third-order valence-corrected chi connectivity index (χ3v) is 8.85. The molecular formula is C23H29BrN2O5S. The number of likely N-dealkylation sites (tertiary alicyclic amines) is 1. The zero-order valence-corrected chi connectivity index (χ0v) is 20.5. The molecule has 1 amide bonds. The van der Waals surface area contributed by atoms with Crippen LogP contribution in [-0.4, -0.2) is 55.4 Å². The molecule has 0 radical (unpaired) electrons. The first kappa shape index (κ1) is 24.7. The summed E-state index contributed by atoms with van der Waals surface area (Å²) in [6.07, 6.45) is 3.49. The summed E-state index contributed by atoms with van der Waals surface area (Å²) in [6.45, 7) is 4.70. The summed E-state index contributed by atoms with van der Waals surface area (Å²) in [7, 11) is -4.14. The lowest BCUT2D eigenvalue weighted by Gasteiger charge is -2.28. The number of carbonyl (C=O) groups is 1. The first-order valence-electron chi connectivity index (χ1n) is 10.7. The van der Waals surface area contributed by atoms with Gasteiger partial charge in [-0.05, 0) is 68.8 Å². The Balaban J connectivity index is 1.84. The van der Waals surface area contributed by atoms with Crippen LogP contribution in [0.1, 0.15) is 31.7 Å². The third-order valence-electron chi connectivity index (χ3n) is 5.91. The van der Waals surface area contributed by atoms with Crippen molar-refractivity contribution in [3.63, 3.8) is 0 Å². The molecule has 0 aliphatic carbocycles. The number of benzene rings is 2. The SMILES string of the molecule is CC(Cc1ccccc1OCCN1CCCCC1)(C(=O)NO)S(=O)(=O)c1ccc(Br)cc1. The monoisotopic (exact) mass is 524 g/mol. The standard InChI is InChI=1S/C23H29BrN2O5S/c1-23(22(27)25-28,32(29,30)20-11-9-19(24)10-12-20)17-18-7-3-4-8-21(18)31-16-15-26-13-5-2-6-14-26/h3-4,7-12,28H,2,5-6,13-17H2,1H3,(H,25,27). The number of ether oxygens (including phenoxy) is 1. The van der Waals surface area contributed by atoms with Gasteiger partial charge in [-0.1, -0.05) is 40.5 Å². The number of piperidine rings is 1. The molecule has 1 unspecified atom stereocenters. The molecule has 174 valence electrons. The Morgan fingerprint density at radius 1 is 1.12 bits per heavy atom. The van der Waals surface area contributed by atoms with Gasteiger partial charge in [0.05, 0.1) is 4.90 Å². The number of sulfone groups is 1. The number of carbonyl (C=O) groups excluding carboxylic acids is 1. The summed E-state index contributed by atoms with van der Waals surface area (Å²) in [5.41, 5.74) is 2.13. The van der Waals surface area contributed by atoms with E-state index in [1.807, 2.05) is 6.07 Å². The Labute approximate surface area is 197 Å². The van der Waals surface area contributed by atoms with Crippen molar-refractivity contribution in [3.05, 3.63) is 58.6 Å². The molecule has 2 N–H and O–H groups in total. The maximum atomic E-state index is 13.5. The fraction of sp³-hybridized carbons (Fsp3) is 0.435. The normalized spacial score (nSPS) is 16.8. The summed E-state index contributed by atoms with van der Waals surface area (Å²) >= 11 is 3.29. The van der Waals surface area contributed by atoms with E-state index in [-0.39, 0.29) is 11.3 Å². The Morgan fingerprint density at radius 2 is 1.78 bits per heavy atom. The highest BCUT2D eigenvalue weighted by Gasteiger charge is 2.47. The first-order valence-corrected chi connectivity index (χ1v) is 12.9. The quantitative estimate of drug-likeness (QED) is 0.384. The first-order chi connectivity index (χ1) is 15.3. The Morgan fingerprint density at radius 3 is 2.44 bits per heavy atom. The van der Waals surface area contributed by atoms with E-state index in [1.165, 1.54) is 38.3 Å². The van der Waals surface area contributed by atoms with Gasteiger partial charge in [-0.15, -0.1) is 0 Å². The zero-order valence-electron chi connectivity index (χ0n) is 18.1. The van der Waals surface area contributed by atoms with Gasteiger partial charge in [0.25, 0.3) is 5.91 Å². The van der Waals surface area contributed by atoms with Crippen molar-refractivity contribution in [1.29, 1.82) is 0 Å². The lowest BCUT2D eigenvalue weighted by atomic mass is 9.98. The molecule has 0 spiro atoms. The fourth-order valence-corrected chi connectivity index (χ4v) is 5.83. The van der Waals surface area contributed by atoms with Crippen LogP contribution in [-0.2, 0) is 21.1 Å². The van der Waals surface area contributed by atoms with Gasteiger partial charge in [-0.25, -0.2) is 13.9 Å². The van der Waals surface area contributed by atoms with E-state index < -0.39 is 20.5 Å². The summed E-state index contributed by atoms with van der Waals surface area (Å²) < 4.78 is 31.7. The molecular weight excluding hydrogens is 496 g/mol. The molecule has 1 aliphatic rings. The van der Waals surface area contributed by atoms with Crippen molar-refractivity contribution in [3.8, 4) is 5.75 Å². The smallest absolute Gasteiger partial charge is 0.265 e. The van der Waals surface area contributed by atoms with Crippen molar-refractivity contribution in [2.24, 2.45) is 0 Å². The Hall–Kier alpha value is -1.94. The second-order valence-corrected chi connectivity index (χ2v) is 11.5. The van der Waals surface area contributed by atoms with E-state index in [2.05, 4.69) is 20.8 Å². The highest BCUT2D eigenvalue weighted by molar-refractivity contribution is 9.10. The predicted molar refractivity (Wildman–Crippen MR) is 126 cm³/mol. The Bertz CT molecular complexity index is 1020. The van der Waals surface area contributed by atoms with Gasteiger partial charge in [-0.2, -0.15) is 0 Å². The fourth-order valence-electron chi connectivity index (χ4n) is 3.91. The molecule has 1 atom stereocenters. The van der Waals surface area contributed by atoms with Crippen LogP contribution < -0.4 is 10.2 Å². The average Bonchev–Trinajstić information content (AvgIpc) is 2.80. The molecule has 3 rings (SSSR count). The minimum Gasteiger partial charge on any atom is -0.492 e. The van der Waals surface area contributed by atoms with E-state index in [0.29, 0.717) is 17.9 Å². The van der Waals surface area contributed by atoms with Crippen molar-refractivity contribution in [2.45, 2.75) is 42.2 Å². The van der Waals surface area contributed by atoms with Crippen LogP contribution in [0.2, 0.25) is 0 Å². The number of amides is 1. The molecule has 9 heteroatoms. The van der Waals surface area contributed by atoms with Crippen LogP contribution in [0.3, 0.4) is 0 Å². The van der Waals surface area contributed by atoms with Crippen molar-refractivity contribution in [2.75, 3.05) is 26.2 Å². The van der Waals surface area contributed by atoms with Gasteiger partial charge >= 0.3 is 0 Å². The maximum absolute atomic E-state index is 13.5. The maximum Gasteiger partial charge on any atom is 0.265 e. The van der Waals surface area contributed by atoms with Crippen LogP contribution in [0.4, 0.5) is 0 Å². The molecule has 1 aliphatic heterocycles. The molecule has 0 aromatic heterocycles. The van der Waals surface area contributed by atoms with Gasteiger partial charge < -0.3 is 4.74 Å². The largest absolute Gasteiger partial charge is 0.492 e. The van der Waals surface area contributed by atoms with E-state index in [0.717, 1.165) is 24.1 Å². The highest BCUT2D eigenvalue weighted by Crippen LogP contribution is 2.33. The minimum atomic E-state index is -4.14. The lowest BCUT2D eigenvalue weighted by Crippen LogP contribution is -2.51. The molecule has 2 aromatic carbocycles. The van der Waals surface area contributed by atoms with Gasteiger partial charge in [0.2, 0.25) is 0 Å². The topological polar surface area (TPSA) is 95.9 Å². The second-order valence-electron chi connectivity index (χ2n) is 8.16. The molecule has 2 aromatic rings. The van der Waals surface area contributed by atoms with E-state index >= 15 is 0 Å². The number of hydrogen-bond acceptors (Lipinski definition) is 6. The number of hydroxylamine groups is 1. The van der Waals surface area contributed by atoms with Crippen LogP contribution in [0, 0.1) is 0 Å². The van der Waals surface area contributed by atoms with E-state index in [1.54, 1.807) is 35.8 Å². The minimum absolute atomic E-state index is 0.00435. The van der Waals surface area contributed by atoms with Gasteiger partial charge in [-0.3, -0.25) is 14.9 Å². The lowest BCUT2D eigenvalue weighted by molar-refractivity contribution is -0.131. The van der Waals surface area contributed by atoms with Crippen molar-refractivity contribution in [1.82, 2.24) is 10.4 Å². The molecule has 0 bridgehead atoms. The van der Waals surface area contributed by atoms with Gasteiger partial charge in [0.15, 0.2) is 14.6 Å². The molecule has 1 fully saturated rings. The molecule has 1 saturated heterocycles. The number of nitrogens with one attached hydrogen (secondary N) is 1. The molecule has 32 heavy (non-hydrogen) atoms. The number of rotatable bonds is 9. The van der Waals surface area contributed by atoms with E-state index in [9.17, 15) is 18.4 Å². The summed E-state index contributed by atoms with van der Waals surface area (Å²) in [6, 6.07) is 13.2. The second kappa shape index (κ2) is 10.8. The van der Waals surface area contributed by atoms with Crippen LogP contribution in [0.5, 0.6) is 5.75 Å². The summed E-state index contributed by atoms with van der Waals surface area (Å²) in [5.74, 6) is -0.462. The number of nitrogens with zero attached hydrogens (tertiary/aromatic N) is 1. The molecule has 7 nitrogen and oxygen atoms in total. The Kier molecular flexibility index (Phi) is 8.32.